The van der Waals surface area contributed by atoms with Crippen molar-refractivity contribution in [2.45, 2.75) is 18.8 Å². The number of urea groups is 1. The van der Waals surface area contributed by atoms with Gasteiger partial charge in [0, 0.05) is 12.7 Å². The number of hydrogen-bond donors (Lipinski definition) is 4. The average molecular weight is 277 g/mol. The molecule has 2 rings (SSSR count). The minimum atomic E-state index is -1.35. The molecule has 1 atom stereocenters. The van der Waals surface area contributed by atoms with Gasteiger partial charge in [0.05, 0.1) is 5.92 Å². The maximum absolute atomic E-state index is 11.8. The molecule has 0 bridgehead atoms. The molecule has 7 nitrogen and oxygen atoms in total. The Hall–Kier alpha value is -2.57. The first-order valence-corrected chi connectivity index (χ1v) is 6.16. The first-order chi connectivity index (χ1) is 9.51. The van der Waals surface area contributed by atoms with Crippen LogP contribution in [0.5, 0.6) is 0 Å². The molecule has 1 aromatic carbocycles. The topological polar surface area (TPSA) is 108 Å². The van der Waals surface area contributed by atoms with Gasteiger partial charge in [-0.25, -0.2) is 9.59 Å². The van der Waals surface area contributed by atoms with Crippen molar-refractivity contribution < 1.29 is 19.5 Å². The lowest BCUT2D eigenvalue weighted by molar-refractivity contribution is -0.121. The lowest BCUT2D eigenvalue weighted by Gasteiger charge is -2.11. The van der Waals surface area contributed by atoms with Crippen molar-refractivity contribution >= 4 is 23.7 Å². The van der Waals surface area contributed by atoms with Crippen molar-refractivity contribution in [1.29, 1.82) is 0 Å². The fourth-order valence-corrected chi connectivity index (χ4v) is 2.35. The second kappa shape index (κ2) is 5.60. The maximum Gasteiger partial charge on any atom is 0.411 e. The Balaban J connectivity index is 2.16. The van der Waals surface area contributed by atoms with Gasteiger partial charge in [-0.3, -0.25) is 10.1 Å². The van der Waals surface area contributed by atoms with Gasteiger partial charge in [0.15, 0.2) is 0 Å². The van der Waals surface area contributed by atoms with Crippen molar-refractivity contribution in [3.63, 3.8) is 0 Å². The number of hydrogen-bond acceptors (Lipinski definition) is 3. The third kappa shape index (κ3) is 2.87. The highest BCUT2D eigenvalue weighted by Crippen LogP contribution is 2.34. The number of anilines is 1. The zero-order chi connectivity index (χ0) is 14.7. The summed E-state index contributed by atoms with van der Waals surface area (Å²) < 4.78 is 0. The number of imide groups is 1. The Bertz CT molecular complexity index is 571. The van der Waals surface area contributed by atoms with Crippen molar-refractivity contribution in [3.05, 3.63) is 29.3 Å². The molecule has 20 heavy (non-hydrogen) atoms. The molecule has 0 aliphatic heterocycles. The summed E-state index contributed by atoms with van der Waals surface area (Å²) in [4.78, 5) is 33.5. The van der Waals surface area contributed by atoms with E-state index in [4.69, 9.17) is 5.11 Å². The van der Waals surface area contributed by atoms with Crippen LogP contribution in [0.4, 0.5) is 15.3 Å². The molecule has 106 valence electrons. The number of fused-ring (bicyclic) bond motifs is 1. The Kier molecular flexibility index (Phi) is 3.88. The zero-order valence-corrected chi connectivity index (χ0v) is 10.9. The van der Waals surface area contributed by atoms with Gasteiger partial charge >= 0.3 is 12.1 Å². The van der Waals surface area contributed by atoms with Crippen LogP contribution in [-0.2, 0) is 11.2 Å². The fraction of sp³-hybridized carbons (Fsp3) is 0.308. The van der Waals surface area contributed by atoms with E-state index in [1.165, 1.54) is 7.05 Å². The molecule has 4 amide bonds. The quantitative estimate of drug-likeness (QED) is 0.652. The average Bonchev–Trinajstić information content (AvgIpc) is 2.80. The van der Waals surface area contributed by atoms with Crippen LogP contribution in [0.2, 0.25) is 0 Å². The molecule has 1 aliphatic carbocycles. The van der Waals surface area contributed by atoms with E-state index in [1.807, 2.05) is 5.32 Å². The highest BCUT2D eigenvalue weighted by molar-refractivity contribution is 5.96. The predicted molar refractivity (Wildman–Crippen MR) is 71.7 cm³/mol. The second-order valence-electron chi connectivity index (χ2n) is 4.50. The van der Waals surface area contributed by atoms with Gasteiger partial charge in [0.25, 0.3) is 0 Å². The summed E-state index contributed by atoms with van der Waals surface area (Å²) in [5, 5.41) is 15.6. The van der Waals surface area contributed by atoms with E-state index < -0.39 is 17.9 Å². The van der Waals surface area contributed by atoms with Gasteiger partial charge in [0.2, 0.25) is 5.91 Å². The summed E-state index contributed by atoms with van der Waals surface area (Å²) >= 11 is 0. The van der Waals surface area contributed by atoms with E-state index in [2.05, 4.69) is 10.6 Å². The summed E-state index contributed by atoms with van der Waals surface area (Å²) in [6.45, 7) is 0. The molecule has 4 N–H and O–H groups in total. The number of benzene rings is 1. The van der Waals surface area contributed by atoms with Crippen LogP contribution in [0.25, 0.3) is 0 Å². The van der Waals surface area contributed by atoms with Crippen LogP contribution in [0.3, 0.4) is 0 Å². The van der Waals surface area contributed by atoms with E-state index in [-0.39, 0.29) is 6.03 Å². The molecule has 1 unspecified atom stereocenters. The van der Waals surface area contributed by atoms with Crippen LogP contribution in [0, 0.1) is 0 Å². The third-order valence-electron chi connectivity index (χ3n) is 3.25. The fourth-order valence-electron chi connectivity index (χ4n) is 2.35. The molecule has 1 aliphatic rings. The normalized spacial score (nSPS) is 16.1. The van der Waals surface area contributed by atoms with E-state index in [0.717, 1.165) is 11.1 Å². The second-order valence-corrected chi connectivity index (χ2v) is 4.50. The van der Waals surface area contributed by atoms with Gasteiger partial charge in [-0.15, -0.1) is 0 Å². The molecule has 1 aromatic rings. The highest BCUT2D eigenvalue weighted by Gasteiger charge is 2.29. The minimum absolute atomic E-state index is 0.317. The Morgan fingerprint density at radius 2 is 2.05 bits per heavy atom. The van der Waals surface area contributed by atoms with Crippen LogP contribution >= 0.6 is 0 Å². The molecule has 0 spiro atoms. The summed E-state index contributed by atoms with van der Waals surface area (Å²) in [6, 6.07) is 4.93. The van der Waals surface area contributed by atoms with E-state index in [1.54, 1.807) is 18.2 Å². The molecular formula is C13H15N3O4. The number of carbonyl (C=O) groups is 3. The van der Waals surface area contributed by atoms with E-state index >= 15 is 0 Å². The van der Waals surface area contributed by atoms with Crippen LogP contribution in [-0.4, -0.2) is 30.2 Å². The summed E-state index contributed by atoms with van der Waals surface area (Å²) in [7, 11) is 1.52. The summed E-state index contributed by atoms with van der Waals surface area (Å²) in [6.07, 6.45) is -0.102. The Morgan fingerprint density at radius 1 is 1.30 bits per heavy atom. The number of carboxylic acid groups (broad SMARTS) is 1. The van der Waals surface area contributed by atoms with Crippen molar-refractivity contribution in [2.75, 3.05) is 12.4 Å². The molecule has 7 heteroatoms. The molecule has 0 aromatic heterocycles. The third-order valence-corrected chi connectivity index (χ3v) is 3.25. The summed E-state index contributed by atoms with van der Waals surface area (Å²) in [5.41, 5.74) is 2.40. The van der Waals surface area contributed by atoms with E-state index in [0.29, 0.717) is 18.5 Å². The lowest BCUT2D eigenvalue weighted by atomic mass is 10.0. The Labute approximate surface area is 115 Å². The van der Waals surface area contributed by atoms with Crippen molar-refractivity contribution in [1.82, 2.24) is 10.6 Å². The largest absolute Gasteiger partial charge is 0.465 e. The van der Waals surface area contributed by atoms with Crippen molar-refractivity contribution in [3.8, 4) is 0 Å². The number of rotatable bonds is 2. The van der Waals surface area contributed by atoms with Gasteiger partial charge in [-0.2, -0.15) is 0 Å². The summed E-state index contributed by atoms with van der Waals surface area (Å²) in [5.74, 6) is -0.960. The molecule has 0 saturated heterocycles. The highest BCUT2D eigenvalue weighted by atomic mass is 16.4. The number of nitrogens with one attached hydrogen (secondary N) is 3. The van der Waals surface area contributed by atoms with Crippen LogP contribution in [0.15, 0.2) is 18.2 Å². The first-order valence-electron chi connectivity index (χ1n) is 6.16. The lowest BCUT2D eigenvalue weighted by Crippen LogP contribution is -2.32. The van der Waals surface area contributed by atoms with Gasteiger partial charge in [0.1, 0.15) is 0 Å². The molecular weight excluding hydrogens is 262 g/mol. The molecule has 0 radical (unpaired) electrons. The predicted octanol–water partition coefficient (Wildman–Crippen LogP) is 1.26. The van der Waals surface area contributed by atoms with Crippen molar-refractivity contribution in [2.24, 2.45) is 0 Å². The number of amides is 4. The number of carbonyl (C=O) groups excluding carboxylic acids is 2. The van der Waals surface area contributed by atoms with Crippen LogP contribution < -0.4 is 16.0 Å². The van der Waals surface area contributed by atoms with Gasteiger partial charge < -0.3 is 15.7 Å². The smallest absolute Gasteiger partial charge is 0.411 e. The Morgan fingerprint density at radius 3 is 2.70 bits per heavy atom. The molecule has 0 fully saturated rings. The van der Waals surface area contributed by atoms with Gasteiger partial charge in [-0.05, 0) is 36.1 Å². The first kappa shape index (κ1) is 13.9. The van der Waals surface area contributed by atoms with Gasteiger partial charge in [-0.1, -0.05) is 6.07 Å². The number of aryl methyl sites for hydroxylation is 1. The minimum Gasteiger partial charge on any atom is -0.465 e. The molecule has 0 saturated carbocycles. The monoisotopic (exact) mass is 277 g/mol. The standard InChI is InChI=1S/C13H15N3O4/c1-14-12(18)15-8-3-5-9-7(6-8)2-4-10(9)11(17)16-13(19)20/h3,5-6,10H,2,4H2,1H3,(H,16,17)(H,19,20)(H2,14,15,18). The van der Waals surface area contributed by atoms with Crippen LogP contribution in [0.1, 0.15) is 23.5 Å². The molecule has 0 heterocycles. The SMILES string of the molecule is CNC(=O)Nc1ccc2c(c1)CCC2C(=O)NC(=O)O. The van der Waals surface area contributed by atoms with E-state index in [9.17, 15) is 14.4 Å². The maximum atomic E-state index is 11.8. The zero-order valence-electron chi connectivity index (χ0n) is 10.9.